The number of aryl methyl sites for hydroxylation is 2. The zero-order valence-corrected chi connectivity index (χ0v) is 11.0. The van der Waals surface area contributed by atoms with E-state index in [1.54, 1.807) is 11.5 Å². The number of carbonyl (C=O) groups excluding carboxylic acids is 1. The number of fused-ring (bicyclic) bond motifs is 1. The van der Waals surface area contributed by atoms with Gasteiger partial charge in [-0.3, -0.25) is 19.6 Å². The van der Waals surface area contributed by atoms with Gasteiger partial charge < -0.3 is 4.57 Å². The number of hydrogen-bond donors (Lipinski definition) is 1. The minimum absolute atomic E-state index is 0.303. The van der Waals surface area contributed by atoms with Crippen LogP contribution in [0.3, 0.4) is 0 Å². The van der Waals surface area contributed by atoms with Gasteiger partial charge in [0.15, 0.2) is 11.2 Å². The van der Waals surface area contributed by atoms with Crippen LogP contribution in [-0.4, -0.2) is 24.7 Å². The molecular weight excluding hydrogens is 250 g/mol. The number of aromatic nitrogens is 4. The number of nitrogens with one attached hydrogen (secondary N) is 1. The maximum atomic E-state index is 12.3. The van der Waals surface area contributed by atoms with Crippen LogP contribution in [0.5, 0.6) is 0 Å². The fourth-order valence-electron chi connectivity index (χ4n) is 1.97. The van der Waals surface area contributed by atoms with Crippen molar-refractivity contribution in [3.05, 3.63) is 27.2 Å². The first-order chi connectivity index (χ1) is 9.01. The number of imidazole rings is 1. The van der Waals surface area contributed by atoms with Crippen LogP contribution in [0.2, 0.25) is 0 Å². The SMILES string of the molecule is CCn1cnc2c1c(=O)n(NC(C)=O)c(=O)n2CC. The van der Waals surface area contributed by atoms with Crippen molar-refractivity contribution in [1.82, 2.24) is 18.8 Å². The van der Waals surface area contributed by atoms with E-state index in [-0.39, 0.29) is 0 Å². The van der Waals surface area contributed by atoms with E-state index < -0.39 is 17.2 Å². The average Bonchev–Trinajstić information content (AvgIpc) is 2.78. The van der Waals surface area contributed by atoms with Crippen LogP contribution in [0.25, 0.3) is 11.2 Å². The molecule has 2 aromatic rings. The summed E-state index contributed by atoms with van der Waals surface area (Å²) in [5, 5.41) is 0. The third-order valence-electron chi connectivity index (χ3n) is 2.83. The average molecular weight is 265 g/mol. The molecule has 1 N–H and O–H groups in total. The Labute approximate surface area is 108 Å². The van der Waals surface area contributed by atoms with Crippen LogP contribution < -0.4 is 16.7 Å². The highest BCUT2D eigenvalue weighted by Crippen LogP contribution is 2.05. The molecule has 0 aliphatic rings. The van der Waals surface area contributed by atoms with Crippen molar-refractivity contribution in [3.63, 3.8) is 0 Å². The van der Waals surface area contributed by atoms with Crippen LogP contribution in [0.15, 0.2) is 15.9 Å². The maximum Gasteiger partial charge on any atom is 0.352 e. The van der Waals surface area contributed by atoms with Crippen molar-refractivity contribution >= 4 is 17.1 Å². The Morgan fingerprint density at radius 1 is 1.32 bits per heavy atom. The molecule has 0 saturated carbocycles. The first-order valence-corrected chi connectivity index (χ1v) is 5.99. The zero-order valence-electron chi connectivity index (χ0n) is 11.0. The van der Waals surface area contributed by atoms with Gasteiger partial charge in [0, 0.05) is 20.0 Å². The summed E-state index contributed by atoms with van der Waals surface area (Å²) in [6.45, 7) is 5.78. The first-order valence-electron chi connectivity index (χ1n) is 5.99. The molecule has 1 amide bonds. The monoisotopic (exact) mass is 265 g/mol. The van der Waals surface area contributed by atoms with Crippen LogP contribution in [0, 0.1) is 0 Å². The number of nitrogens with zero attached hydrogens (tertiary/aromatic N) is 4. The second kappa shape index (κ2) is 4.71. The predicted octanol–water partition coefficient (Wildman–Crippen LogP) is -0.511. The molecule has 0 aliphatic heterocycles. The molecule has 102 valence electrons. The van der Waals surface area contributed by atoms with Gasteiger partial charge in [-0.15, -0.1) is 0 Å². The molecule has 0 aromatic carbocycles. The third kappa shape index (κ3) is 1.94. The first kappa shape index (κ1) is 13.1. The lowest BCUT2D eigenvalue weighted by Crippen LogP contribution is -2.46. The van der Waals surface area contributed by atoms with Gasteiger partial charge in [0.05, 0.1) is 6.33 Å². The molecule has 0 unspecified atom stereocenters. The molecule has 2 heterocycles. The second-order valence-corrected chi connectivity index (χ2v) is 4.04. The Kier molecular flexibility index (Phi) is 3.24. The van der Waals surface area contributed by atoms with Crippen LogP contribution in [-0.2, 0) is 17.9 Å². The summed E-state index contributed by atoms with van der Waals surface area (Å²) in [5.41, 5.74) is 1.71. The van der Waals surface area contributed by atoms with Gasteiger partial charge in [-0.25, -0.2) is 9.78 Å². The highest BCUT2D eigenvalue weighted by molar-refractivity contribution is 5.81. The molecule has 0 saturated heterocycles. The van der Waals surface area contributed by atoms with E-state index in [9.17, 15) is 14.4 Å². The summed E-state index contributed by atoms with van der Waals surface area (Å²) >= 11 is 0. The van der Waals surface area contributed by atoms with E-state index in [0.717, 1.165) is 4.68 Å². The van der Waals surface area contributed by atoms with Crippen LogP contribution >= 0.6 is 0 Å². The molecule has 0 atom stereocenters. The van der Waals surface area contributed by atoms with Crippen molar-refractivity contribution in [2.24, 2.45) is 0 Å². The molecule has 8 heteroatoms. The van der Waals surface area contributed by atoms with Gasteiger partial charge in [0.1, 0.15) is 0 Å². The molecule has 2 aromatic heterocycles. The molecule has 0 spiro atoms. The molecule has 0 aliphatic carbocycles. The Hall–Kier alpha value is -2.38. The third-order valence-corrected chi connectivity index (χ3v) is 2.83. The number of amides is 1. The topological polar surface area (TPSA) is 90.9 Å². The van der Waals surface area contributed by atoms with Gasteiger partial charge in [-0.2, -0.15) is 4.68 Å². The Balaban J connectivity index is 2.93. The number of rotatable bonds is 3. The van der Waals surface area contributed by atoms with E-state index in [1.165, 1.54) is 17.8 Å². The van der Waals surface area contributed by atoms with E-state index in [2.05, 4.69) is 10.4 Å². The van der Waals surface area contributed by atoms with Crippen molar-refractivity contribution in [2.75, 3.05) is 5.43 Å². The summed E-state index contributed by atoms with van der Waals surface area (Å²) in [6, 6.07) is 0. The Morgan fingerprint density at radius 3 is 2.53 bits per heavy atom. The summed E-state index contributed by atoms with van der Waals surface area (Å²) in [6.07, 6.45) is 1.51. The van der Waals surface area contributed by atoms with Crippen molar-refractivity contribution in [2.45, 2.75) is 33.9 Å². The lowest BCUT2D eigenvalue weighted by molar-refractivity contribution is -0.115. The van der Waals surface area contributed by atoms with E-state index in [4.69, 9.17) is 0 Å². The summed E-state index contributed by atoms with van der Waals surface area (Å²) in [4.78, 5) is 39.6. The maximum absolute atomic E-state index is 12.3. The van der Waals surface area contributed by atoms with Crippen molar-refractivity contribution in [3.8, 4) is 0 Å². The standard InChI is InChI=1S/C11H15N5O3/c1-4-14-6-12-9-8(14)10(18)16(13-7(3)17)11(19)15(9)5-2/h6H,4-5H2,1-3H3,(H,13,17). The van der Waals surface area contributed by atoms with Gasteiger partial charge in [-0.05, 0) is 13.8 Å². The van der Waals surface area contributed by atoms with Crippen molar-refractivity contribution < 1.29 is 4.79 Å². The molecule has 2 rings (SSSR count). The molecule has 19 heavy (non-hydrogen) atoms. The quantitative estimate of drug-likeness (QED) is 0.809. The molecule has 0 bridgehead atoms. The summed E-state index contributed by atoms with van der Waals surface area (Å²) in [5.74, 6) is -0.483. The van der Waals surface area contributed by atoms with Crippen LogP contribution in [0.4, 0.5) is 0 Å². The van der Waals surface area contributed by atoms with Gasteiger partial charge in [0.2, 0.25) is 5.91 Å². The van der Waals surface area contributed by atoms with E-state index in [0.29, 0.717) is 24.3 Å². The van der Waals surface area contributed by atoms with E-state index in [1.807, 2.05) is 6.92 Å². The Morgan fingerprint density at radius 2 is 2.00 bits per heavy atom. The minimum atomic E-state index is -0.600. The van der Waals surface area contributed by atoms with Gasteiger partial charge in [-0.1, -0.05) is 0 Å². The lowest BCUT2D eigenvalue weighted by atomic mass is 10.5. The highest BCUT2D eigenvalue weighted by atomic mass is 16.2. The minimum Gasteiger partial charge on any atom is -0.325 e. The van der Waals surface area contributed by atoms with Crippen molar-refractivity contribution in [1.29, 1.82) is 0 Å². The van der Waals surface area contributed by atoms with Gasteiger partial charge >= 0.3 is 11.2 Å². The fourth-order valence-corrected chi connectivity index (χ4v) is 1.97. The highest BCUT2D eigenvalue weighted by Gasteiger charge is 2.17. The summed E-state index contributed by atoms with van der Waals surface area (Å²) in [7, 11) is 0. The molecule has 0 fully saturated rings. The van der Waals surface area contributed by atoms with Crippen LogP contribution in [0.1, 0.15) is 20.8 Å². The molecular formula is C11H15N5O3. The zero-order chi connectivity index (χ0) is 14.2. The Bertz CT molecular complexity index is 752. The normalized spacial score (nSPS) is 10.9. The van der Waals surface area contributed by atoms with E-state index >= 15 is 0 Å². The fraction of sp³-hybridized carbons (Fsp3) is 0.455. The number of hydrogen-bond acceptors (Lipinski definition) is 4. The predicted molar refractivity (Wildman–Crippen MR) is 69.6 cm³/mol. The lowest BCUT2D eigenvalue weighted by Gasteiger charge is -2.10. The largest absolute Gasteiger partial charge is 0.352 e. The molecule has 8 nitrogen and oxygen atoms in total. The number of carbonyl (C=O) groups is 1. The second-order valence-electron chi connectivity index (χ2n) is 4.04. The summed E-state index contributed by atoms with van der Waals surface area (Å²) < 4.78 is 3.71. The molecule has 0 radical (unpaired) electrons. The smallest absolute Gasteiger partial charge is 0.325 e. The van der Waals surface area contributed by atoms with Gasteiger partial charge in [0.25, 0.3) is 0 Å².